The second-order valence-corrected chi connectivity index (χ2v) is 5.08. The van der Waals surface area contributed by atoms with Crippen LogP contribution in [0.15, 0.2) is 34.9 Å². The maximum Gasteiger partial charge on any atom is 0.422 e. The topological polar surface area (TPSA) is 86.7 Å². The van der Waals surface area contributed by atoms with Gasteiger partial charge < -0.3 is 24.9 Å². The smallest absolute Gasteiger partial charge is 0.422 e. The maximum atomic E-state index is 12.2. The zero-order chi connectivity index (χ0) is 18.4. The van der Waals surface area contributed by atoms with Gasteiger partial charge in [-0.25, -0.2) is 0 Å². The predicted octanol–water partition coefficient (Wildman–Crippen LogP) is 3.04. The molecule has 144 valence electrons. The third kappa shape index (κ3) is 6.16. The van der Waals surface area contributed by atoms with E-state index in [1.54, 1.807) is 0 Å². The van der Waals surface area contributed by atoms with E-state index in [0.29, 0.717) is 16.9 Å². The summed E-state index contributed by atoms with van der Waals surface area (Å²) in [4.78, 5) is 12.0. The highest BCUT2D eigenvalue weighted by molar-refractivity contribution is 5.93. The molecular formula is C16H18ClF3N2O4. The molecule has 6 nitrogen and oxygen atoms in total. The third-order valence-electron chi connectivity index (χ3n) is 3.19. The monoisotopic (exact) mass is 394 g/mol. The molecule has 0 aliphatic heterocycles. The Morgan fingerprint density at radius 1 is 1.27 bits per heavy atom. The molecular weight excluding hydrogens is 377 g/mol. The number of carbonyl (C=O) groups is 1. The van der Waals surface area contributed by atoms with E-state index < -0.39 is 12.8 Å². The lowest BCUT2D eigenvalue weighted by atomic mass is 10.2. The number of benzene rings is 1. The maximum absolute atomic E-state index is 12.2. The molecule has 0 aliphatic carbocycles. The second kappa shape index (κ2) is 9.35. The molecule has 0 spiro atoms. The van der Waals surface area contributed by atoms with E-state index in [9.17, 15) is 18.0 Å². The van der Waals surface area contributed by atoms with Crippen LogP contribution in [-0.2, 0) is 13.1 Å². The molecule has 0 atom stereocenters. The number of furan rings is 1. The first-order valence-electron chi connectivity index (χ1n) is 7.24. The molecule has 3 N–H and O–H groups in total. The molecule has 0 unspecified atom stereocenters. The Bertz CT molecular complexity index is 735. The van der Waals surface area contributed by atoms with Crippen molar-refractivity contribution in [3.8, 4) is 11.5 Å². The van der Waals surface area contributed by atoms with Crippen molar-refractivity contribution in [3.63, 3.8) is 0 Å². The Morgan fingerprint density at radius 2 is 2.00 bits per heavy atom. The zero-order valence-electron chi connectivity index (χ0n) is 13.8. The Kier molecular flexibility index (Phi) is 7.78. The van der Waals surface area contributed by atoms with Crippen LogP contribution in [0.25, 0.3) is 0 Å². The Morgan fingerprint density at radius 3 is 2.58 bits per heavy atom. The predicted molar refractivity (Wildman–Crippen MR) is 89.6 cm³/mol. The highest BCUT2D eigenvalue weighted by Crippen LogP contribution is 2.29. The van der Waals surface area contributed by atoms with Gasteiger partial charge in [-0.3, -0.25) is 4.79 Å². The zero-order valence-corrected chi connectivity index (χ0v) is 14.6. The van der Waals surface area contributed by atoms with Gasteiger partial charge in [0.25, 0.3) is 5.91 Å². The van der Waals surface area contributed by atoms with E-state index in [0.717, 1.165) is 0 Å². The fourth-order valence-corrected chi connectivity index (χ4v) is 1.99. The van der Waals surface area contributed by atoms with E-state index >= 15 is 0 Å². The minimum atomic E-state index is -4.44. The lowest BCUT2D eigenvalue weighted by Crippen LogP contribution is -2.22. The number of alkyl halides is 3. The van der Waals surface area contributed by atoms with E-state index in [4.69, 9.17) is 19.6 Å². The number of halogens is 4. The Labute approximate surface area is 153 Å². The number of nitrogens with two attached hydrogens (primary N) is 1. The first kappa shape index (κ1) is 21.7. The molecule has 1 heterocycles. The van der Waals surface area contributed by atoms with Crippen molar-refractivity contribution in [2.24, 2.45) is 5.73 Å². The van der Waals surface area contributed by atoms with Gasteiger partial charge in [-0.15, -0.1) is 12.4 Å². The highest BCUT2D eigenvalue weighted by Gasteiger charge is 2.29. The van der Waals surface area contributed by atoms with Crippen LogP contribution in [0.4, 0.5) is 13.2 Å². The van der Waals surface area contributed by atoms with Crippen molar-refractivity contribution in [3.05, 3.63) is 47.4 Å². The molecule has 0 radical (unpaired) electrons. The van der Waals surface area contributed by atoms with Crippen LogP contribution in [0.1, 0.15) is 21.7 Å². The largest absolute Gasteiger partial charge is 0.493 e. The summed E-state index contributed by atoms with van der Waals surface area (Å²) >= 11 is 0. The fraction of sp³-hybridized carbons (Fsp3) is 0.312. The lowest BCUT2D eigenvalue weighted by molar-refractivity contribution is -0.153. The second-order valence-electron chi connectivity index (χ2n) is 5.08. The van der Waals surface area contributed by atoms with Crippen LogP contribution >= 0.6 is 12.4 Å². The van der Waals surface area contributed by atoms with Gasteiger partial charge in [-0.1, -0.05) is 6.07 Å². The van der Waals surface area contributed by atoms with E-state index in [-0.39, 0.29) is 42.9 Å². The van der Waals surface area contributed by atoms with Crippen molar-refractivity contribution in [2.45, 2.75) is 19.3 Å². The van der Waals surface area contributed by atoms with Gasteiger partial charge in [-0.2, -0.15) is 13.2 Å². The van der Waals surface area contributed by atoms with Gasteiger partial charge in [0.05, 0.1) is 19.2 Å². The third-order valence-corrected chi connectivity index (χ3v) is 3.19. The van der Waals surface area contributed by atoms with E-state index in [1.807, 2.05) is 0 Å². The Hall–Kier alpha value is -2.39. The summed E-state index contributed by atoms with van der Waals surface area (Å²) in [5.74, 6) is 0.236. The SMILES string of the molecule is COc1cc(CNC(=O)c2coc(CN)c2)ccc1OCC(F)(F)F.Cl. The van der Waals surface area contributed by atoms with Crippen molar-refractivity contribution in [2.75, 3.05) is 13.7 Å². The van der Waals surface area contributed by atoms with Gasteiger partial charge in [-0.05, 0) is 23.8 Å². The normalized spacial score (nSPS) is 10.8. The van der Waals surface area contributed by atoms with Gasteiger partial charge in [0.1, 0.15) is 12.0 Å². The quantitative estimate of drug-likeness (QED) is 0.753. The number of methoxy groups -OCH3 is 1. The van der Waals surface area contributed by atoms with Crippen LogP contribution in [0.3, 0.4) is 0 Å². The molecule has 0 saturated heterocycles. The number of hydrogen-bond donors (Lipinski definition) is 2. The van der Waals surface area contributed by atoms with E-state index in [2.05, 4.69) is 5.32 Å². The van der Waals surface area contributed by atoms with Gasteiger partial charge in [0, 0.05) is 6.54 Å². The molecule has 0 aliphatic rings. The average molecular weight is 395 g/mol. The number of hydrogen-bond acceptors (Lipinski definition) is 5. The van der Waals surface area contributed by atoms with Crippen molar-refractivity contribution in [1.29, 1.82) is 0 Å². The number of rotatable bonds is 7. The van der Waals surface area contributed by atoms with Crippen molar-refractivity contribution in [1.82, 2.24) is 5.32 Å². The summed E-state index contributed by atoms with van der Waals surface area (Å²) in [5.41, 5.74) is 6.37. The molecule has 10 heteroatoms. The van der Waals surface area contributed by atoms with Crippen LogP contribution in [0.2, 0.25) is 0 Å². The van der Waals surface area contributed by atoms with Gasteiger partial charge in [0.15, 0.2) is 18.1 Å². The van der Waals surface area contributed by atoms with Gasteiger partial charge in [0.2, 0.25) is 0 Å². The summed E-state index contributed by atoms with van der Waals surface area (Å²) in [7, 11) is 1.32. The molecule has 1 aromatic carbocycles. The fourth-order valence-electron chi connectivity index (χ4n) is 1.99. The van der Waals surface area contributed by atoms with Crippen LogP contribution in [0, 0.1) is 0 Å². The Balaban J connectivity index is 0.00000338. The summed E-state index contributed by atoms with van der Waals surface area (Å²) in [6.45, 7) is -1.08. The summed E-state index contributed by atoms with van der Waals surface area (Å²) in [6, 6.07) is 5.92. The standard InChI is InChI=1S/C16H17F3N2O4.ClH/c1-23-14-4-10(2-3-13(14)25-9-16(17,18)19)7-21-15(22)11-5-12(6-20)24-8-11;/h2-5,8H,6-7,9,20H2,1H3,(H,21,22);1H. The number of ether oxygens (including phenoxy) is 2. The van der Waals surface area contributed by atoms with Crippen LogP contribution in [-0.4, -0.2) is 25.8 Å². The molecule has 0 bridgehead atoms. The van der Waals surface area contributed by atoms with E-state index in [1.165, 1.54) is 37.6 Å². The molecule has 0 fully saturated rings. The minimum absolute atomic E-state index is 0. The molecule has 26 heavy (non-hydrogen) atoms. The highest BCUT2D eigenvalue weighted by atomic mass is 35.5. The first-order valence-corrected chi connectivity index (χ1v) is 7.24. The number of amides is 1. The van der Waals surface area contributed by atoms with Crippen LogP contribution < -0.4 is 20.5 Å². The molecule has 1 amide bonds. The molecule has 2 rings (SSSR count). The number of carbonyl (C=O) groups excluding carboxylic acids is 1. The summed E-state index contributed by atoms with van der Waals surface area (Å²) in [5, 5.41) is 2.66. The average Bonchev–Trinajstić information content (AvgIpc) is 3.06. The molecule has 1 aromatic heterocycles. The number of nitrogens with one attached hydrogen (secondary N) is 1. The lowest BCUT2D eigenvalue weighted by Gasteiger charge is -2.13. The minimum Gasteiger partial charge on any atom is -0.493 e. The van der Waals surface area contributed by atoms with Crippen LogP contribution in [0.5, 0.6) is 11.5 Å². The van der Waals surface area contributed by atoms with Gasteiger partial charge >= 0.3 is 6.18 Å². The first-order chi connectivity index (χ1) is 11.8. The summed E-state index contributed by atoms with van der Waals surface area (Å²) < 4.78 is 51.5. The molecule has 2 aromatic rings. The summed E-state index contributed by atoms with van der Waals surface area (Å²) in [6.07, 6.45) is -3.14. The van der Waals surface area contributed by atoms with Crippen molar-refractivity contribution >= 4 is 18.3 Å². The molecule has 0 saturated carbocycles. The van der Waals surface area contributed by atoms with Crippen molar-refractivity contribution < 1.29 is 31.9 Å².